The van der Waals surface area contributed by atoms with Gasteiger partial charge in [0.05, 0.1) is 19.1 Å². The lowest BCUT2D eigenvalue weighted by atomic mass is 10.0. The monoisotopic (exact) mass is 203 g/mol. The van der Waals surface area contributed by atoms with Crippen LogP contribution in [0.4, 0.5) is 0 Å². The summed E-state index contributed by atoms with van der Waals surface area (Å²) < 4.78 is 0. The van der Waals surface area contributed by atoms with Gasteiger partial charge in [-0.1, -0.05) is 19.8 Å². The number of piperidine rings is 1. The van der Waals surface area contributed by atoms with Gasteiger partial charge in [-0.05, 0) is 39.0 Å². The molecule has 0 aliphatic carbocycles. The fraction of sp³-hybridized carbons (Fsp3) is 1.00. The highest BCUT2D eigenvalue weighted by atomic mass is 19.0. The Labute approximate surface area is 88.2 Å². The van der Waals surface area contributed by atoms with Crippen molar-refractivity contribution in [3.05, 3.63) is 0 Å². The molecule has 1 saturated heterocycles. The summed E-state index contributed by atoms with van der Waals surface area (Å²) in [7, 11) is 0. The van der Waals surface area contributed by atoms with E-state index in [-0.39, 0.29) is 4.70 Å². The van der Waals surface area contributed by atoms with E-state index in [0.717, 1.165) is 6.04 Å². The highest BCUT2D eigenvalue weighted by Crippen LogP contribution is 2.03. The maximum atomic E-state index is 2.42. The zero-order valence-electron chi connectivity index (χ0n) is 9.82. The minimum absolute atomic E-state index is 0. The minimum Gasteiger partial charge on any atom is -1.00 e. The molecule has 0 saturated carbocycles. The summed E-state index contributed by atoms with van der Waals surface area (Å²) in [5, 5.41) is 0. The first-order valence-corrected chi connectivity index (χ1v) is 6.19. The topological polar surface area (TPSA) is 4.44 Å². The lowest BCUT2D eigenvalue weighted by Crippen LogP contribution is -3.16. The summed E-state index contributed by atoms with van der Waals surface area (Å²) in [5.74, 6) is 0. The molecule has 0 aromatic heterocycles. The third kappa shape index (κ3) is 4.94. The Hall–Kier alpha value is -0.110. The summed E-state index contributed by atoms with van der Waals surface area (Å²) in [6, 6.07) is 0.940. The molecule has 0 radical (unpaired) electrons. The maximum Gasteiger partial charge on any atom is 0.0846 e. The molecule has 86 valence electrons. The van der Waals surface area contributed by atoms with Gasteiger partial charge in [0.25, 0.3) is 0 Å². The highest BCUT2D eigenvalue weighted by Gasteiger charge is 2.20. The number of unbranched alkanes of at least 4 members (excludes halogenated alkanes) is 3. The van der Waals surface area contributed by atoms with Crippen LogP contribution in [0.15, 0.2) is 0 Å². The molecule has 2 atom stereocenters. The van der Waals surface area contributed by atoms with E-state index in [0.29, 0.717) is 0 Å². The predicted octanol–water partition coefficient (Wildman–Crippen LogP) is -0.972. The first-order valence-electron chi connectivity index (χ1n) is 6.19. The van der Waals surface area contributed by atoms with Crippen LogP contribution in [0.3, 0.4) is 0 Å². The molecule has 1 N–H and O–H groups in total. The first kappa shape index (κ1) is 13.9. The van der Waals surface area contributed by atoms with Gasteiger partial charge in [-0.3, -0.25) is 0 Å². The third-order valence-electron chi connectivity index (χ3n) is 3.43. The Bertz CT molecular complexity index is 127. The Balaban J connectivity index is 0.00000169. The van der Waals surface area contributed by atoms with Gasteiger partial charge in [0, 0.05) is 0 Å². The number of hydrogen-bond donors (Lipinski definition) is 1. The quantitative estimate of drug-likeness (QED) is 0.548. The number of nitrogens with one attached hydrogen (secondary N) is 1. The number of halogens is 1. The van der Waals surface area contributed by atoms with E-state index in [1.807, 2.05) is 4.90 Å². The first-order chi connectivity index (χ1) is 6.34. The fourth-order valence-electron chi connectivity index (χ4n) is 2.40. The van der Waals surface area contributed by atoms with E-state index in [4.69, 9.17) is 0 Å². The van der Waals surface area contributed by atoms with Crippen molar-refractivity contribution in [2.45, 2.75) is 64.8 Å². The normalized spacial score (nSPS) is 27.0. The molecule has 1 nitrogen and oxygen atoms in total. The van der Waals surface area contributed by atoms with Crippen LogP contribution >= 0.6 is 0 Å². The molecular formula is C12H26FN. The molecule has 1 aliphatic heterocycles. The van der Waals surface area contributed by atoms with Crippen LogP contribution in [-0.2, 0) is 0 Å². The number of likely N-dealkylation sites (tertiary alicyclic amines) is 1. The van der Waals surface area contributed by atoms with E-state index < -0.39 is 0 Å². The lowest BCUT2D eigenvalue weighted by Gasteiger charge is -2.30. The zero-order valence-corrected chi connectivity index (χ0v) is 9.82. The second-order valence-electron chi connectivity index (χ2n) is 4.62. The van der Waals surface area contributed by atoms with Gasteiger partial charge in [0.15, 0.2) is 0 Å². The molecule has 0 spiro atoms. The smallest absolute Gasteiger partial charge is 0.0846 e. The van der Waals surface area contributed by atoms with E-state index >= 15 is 0 Å². The van der Waals surface area contributed by atoms with Gasteiger partial charge in [0.2, 0.25) is 0 Å². The van der Waals surface area contributed by atoms with Crippen LogP contribution in [0.5, 0.6) is 0 Å². The SMILES string of the molecule is CCCCCC[NH+]1CCCCC1C.[F-]. The average Bonchev–Trinajstić information content (AvgIpc) is 2.15. The average molecular weight is 203 g/mol. The van der Waals surface area contributed by atoms with Crippen molar-refractivity contribution in [3.8, 4) is 0 Å². The molecule has 1 aliphatic rings. The van der Waals surface area contributed by atoms with Crippen LogP contribution in [0.1, 0.15) is 58.8 Å². The molecule has 14 heavy (non-hydrogen) atoms. The van der Waals surface area contributed by atoms with Gasteiger partial charge in [-0.15, -0.1) is 0 Å². The summed E-state index contributed by atoms with van der Waals surface area (Å²) >= 11 is 0. The van der Waals surface area contributed by atoms with Crippen LogP contribution < -0.4 is 9.60 Å². The molecule has 1 rings (SSSR count). The van der Waals surface area contributed by atoms with Crippen molar-refractivity contribution in [3.63, 3.8) is 0 Å². The largest absolute Gasteiger partial charge is 1.00 e. The second-order valence-corrected chi connectivity index (χ2v) is 4.62. The summed E-state index contributed by atoms with van der Waals surface area (Å²) in [6.45, 7) is 7.58. The van der Waals surface area contributed by atoms with Crippen molar-refractivity contribution < 1.29 is 9.60 Å². The Morgan fingerprint density at radius 3 is 2.57 bits per heavy atom. The van der Waals surface area contributed by atoms with E-state index in [2.05, 4.69) is 13.8 Å². The Morgan fingerprint density at radius 2 is 1.93 bits per heavy atom. The zero-order chi connectivity index (χ0) is 9.52. The van der Waals surface area contributed by atoms with Crippen molar-refractivity contribution >= 4 is 0 Å². The lowest BCUT2D eigenvalue weighted by molar-refractivity contribution is -0.928. The van der Waals surface area contributed by atoms with Crippen LogP contribution in [0.2, 0.25) is 0 Å². The standard InChI is InChI=1S/C12H25N.FH/c1-3-4-5-7-10-13-11-8-6-9-12(13)2;/h12H,3-11H2,1-2H3;1H. The molecule has 0 amide bonds. The van der Waals surface area contributed by atoms with E-state index in [1.165, 1.54) is 58.0 Å². The fourth-order valence-corrected chi connectivity index (χ4v) is 2.40. The predicted molar refractivity (Wildman–Crippen MR) is 58.2 cm³/mol. The summed E-state index contributed by atoms with van der Waals surface area (Å²) in [4.78, 5) is 1.88. The number of rotatable bonds is 5. The van der Waals surface area contributed by atoms with Gasteiger partial charge < -0.3 is 9.60 Å². The van der Waals surface area contributed by atoms with Crippen molar-refractivity contribution in [1.29, 1.82) is 0 Å². The van der Waals surface area contributed by atoms with Crippen LogP contribution in [0.25, 0.3) is 0 Å². The van der Waals surface area contributed by atoms with Crippen LogP contribution in [0, 0.1) is 0 Å². The van der Waals surface area contributed by atoms with Gasteiger partial charge in [0.1, 0.15) is 0 Å². The molecule has 2 unspecified atom stereocenters. The molecular weight excluding hydrogens is 177 g/mol. The molecule has 0 bridgehead atoms. The van der Waals surface area contributed by atoms with Gasteiger partial charge in [-0.2, -0.15) is 0 Å². The molecule has 0 aromatic carbocycles. The van der Waals surface area contributed by atoms with Gasteiger partial charge in [-0.25, -0.2) is 0 Å². The Morgan fingerprint density at radius 1 is 1.14 bits per heavy atom. The highest BCUT2D eigenvalue weighted by molar-refractivity contribution is 4.55. The minimum atomic E-state index is 0. The van der Waals surface area contributed by atoms with Crippen LogP contribution in [-0.4, -0.2) is 19.1 Å². The van der Waals surface area contributed by atoms with Crippen molar-refractivity contribution in [1.82, 2.24) is 0 Å². The summed E-state index contributed by atoms with van der Waals surface area (Å²) in [6.07, 6.45) is 10.1. The summed E-state index contributed by atoms with van der Waals surface area (Å²) in [5.41, 5.74) is 0. The Kier molecular flexibility index (Phi) is 8.15. The maximum absolute atomic E-state index is 2.42. The molecule has 1 heterocycles. The van der Waals surface area contributed by atoms with Crippen molar-refractivity contribution in [2.24, 2.45) is 0 Å². The molecule has 1 fully saturated rings. The molecule has 2 heteroatoms. The number of hydrogen-bond acceptors (Lipinski definition) is 0. The van der Waals surface area contributed by atoms with E-state index in [1.54, 1.807) is 0 Å². The van der Waals surface area contributed by atoms with Crippen molar-refractivity contribution in [2.75, 3.05) is 13.1 Å². The molecule has 0 aromatic rings. The third-order valence-corrected chi connectivity index (χ3v) is 3.43. The second kappa shape index (κ2) is 8.22. The van der Waals surface area contributed by atoms with Gasteiger partial charge >= 0.3 is 0 Å². The number of quaternary nitrogens is 1. The van der Waals surface area contributed by atoms with E-state index in [9.17, 15) is 0 Å².